The Balaban J connectivity index is 1.96. The van der Waals surface area contributed by atoms with Crippen LogP contribution in [-0.2, 0) is 4.74 Å². The van der Waals surface area contributed by atoms with Gasteiger partial charge in [0.2, 0.25) is 0 Å². The second kappa shape index (κ2) is 6.58. The van der Waals surface area contributed by atoms with Gasteiger partial charge in [0.1, 0.15) is 0 Å². The minimum atomic E-state index is -1.64. The van der Waals surface area contributed by atoms with Crippen LogP contribution in [0.5, 0.6) is 0 Å². The van der Waals surface area contributed by atoms with Gasteiger partial charge in [0.05, 0.1) is 22.9 Å². The molecule has 3 aliphatic rings. The molecule has 0 saturated carbocycles. The average molecular weight is 333 g/mol. The molecule has 7 nitrogen and oxygen atoms in total. The van der Waals surface area contributed by atoms with E-state index in [4.69, 9.17) is 4.74 Å². The number of aliphatic imine (C=N–C) groups is 1. The first kappa shape index (κ1) is 17.0. The van der Waals surface area contributed by atoms with Crippen LogP contribution in [0.4, 0.5) is 0 Å². The molecule has 0 aromatic heterocycles. The van der Waals surface area contributed by atoms with E-state index in [0.29, 0.717) is 13.1 Å². The molecular formula is C17H23N3O4. The number of rotatable bonds is 6. The van der Waals surface area contributed by atoms with Crippen LogP contribution in [0.1, 0.15) is 32.6 Å². The smallest absolute Gasteiger partial charge is 0.314 e. The number of nitrogens with zero attached hydrogens (tertiary/aromatic N) is 3. The van der Waals surface area contributed by atoms with Gasteiger partial charge in [-0.25, -0.2) is 0 Å². The first-order valence-corrected chi connectivity index (χ1v) is 8.38. The maximum absolute atomic E-state index is 11.5. The van der Waals surface area contributed by atoms with Crippen molar-refractivity contribution in [1.29, 1.82) is 0 Å². The van der Waals surface area contributed by atoms with Crippen LogP contribution in [0.3, 0.4) is 0 Å². The molecule has 130 valence electrons. The highest BCUT2D eigenvalue weighted by atomic mass is 16.7. The molecular weight excluding hydrogens is 310 g/mol. The van der Waals surface area contributed by atoms with Gasteiger partial charge in [-0.2, -0.15) is 5.06 Å². The van der Waals surface area contributed by atoms with Crippen LogP contribution in [0, 0.1) is 16.0 Å². The Morgan fingerprint density at radius 3 is 3.00 bits per heavy atom. The highest BCUT2D eigenvalue weighted by Gasteiger charge is 2.45. The first-order chi connectivity index (χ1) is 11.5. The zero-order valence-electron chi connectivity index (χ0n) is 14.1. The molecule has 3 rings (SSSR count). The molecule has 0 fully saturated rings. The van der Waals surface area contributed by atoms with E-state index in [-0.39, 0.29) is 5.92 Å². The molecule has 1 aliphatic carbocycles. The quantitative estimate of drug-likeness (QED) is 0.349. The number of methoxy groups -OCH3 is 1. The lowest BCUT2D eigenvalue weighted by Gasteiger charge is -2.31. The average Bonchev–Trinajstić information content (AvgIpc) is 2.91. The second-order valence-corrected chi connectivity index (χ2v) is 6.50. The predicted molar refractivity (Wildman–Crippen MR) is 89.4 cm³/mol. The van der Waals surface area contributed by atoms with Gasteiger partial charge in [-0.05, 0) is 18.1 Å². The van der Waals surface area contributed by atoms with Crippen molar-refractivity contribution in [1.82, 2.24) is 5.06 Å². The van der Waals surface area contributed by atoms with Crippen molar-refractivity contribution in [2.75, 3.05) is 20.2 Å². The van der Waals surface area contributed by atoms with Crippen LogP contribution in [-0.4, -0.2) is 46.8 Å². The summed E-state index contributed by atoms with van der Waals surface area (Å²) in [4.78, 5) is 15.6. The highest BCUT2D eigenvalue weighted by molar-refractivity contribution is 6.15. The third kappa shape index (κ3) is 2.83. The lowest BCUT2D eigenvalue weighted by molar-refractivity contribution is -0.594. The summed E-state index contributed by atoms with van der Waals surface area (Å²) < 4.78 is 5.18. The number of hydrogen-bond acceptors (Lipinski definition) is 6. The van der Waals surface area contributed by atoms with Gasteiger partial charge < -0.3 is 9.94 Å². The predicted octanol–water partition coefficient (Wildman–Crippen LogP) is 2.71. The normalized spacial score (nSPS) is 29.2. The summed E-state index contributed by atoms with van der Waals surface area (Å²) in [7, 11) is 1.34. The third-order valence-corrected chi connectivity index (χ3v) is 4.90. The monoisotopic (exact) mass is 333 g/mol. The van der Waals surface area contributed by atoms with Crippen LogP contribution in [0.15, 0.2) is 40.1 Å². The van der Waals surface area contributed by atoms with Crippen molar-refractivity contribution in [2.24, 2.45) is 10.9 Å². The molecule has 7 heteroatoms. The van der Waals surface area contributed by atoms with Gasteiger partial charge >= 0.3 is 5.72 Å². The van der Waals surface area contributed by atoms with Gasteiger partial charge in [0, 0.05) is 37.3 Å². The van der Waals surface area contributed by atoms with Crippen LogP contribution < -0.4 is 0 Å². The Morgan fingerprint density at radius 1 is 1.54 bits per heavy atom. The molecule has 24 heavy (non-hydrogen) atoms. The number of hydroxylamine groups is 2. The topological polar surface area (TPSA) is 88.2 Å². The summed E-state index contributed by atoms with van der Waals surface area (Å²) in [6.07, 6.45) is 8.91. The van der Waals surface area contributed by atoms with E-state index in [0.717, 1.165) is 48.2 Å². The Labute approximate surface area is 141 Å². The SMILES string of the molecule is CCCCCC1CN(O)CC2=C1C1=CC(OC)([N+](=O)[O-])C=CC1=N2. The number of nitro groups is 1. The van der Waals surface area contributed by atoms with Crippen molar-refractivity contribution in [3.05, 3.63) is 45.2 Å². The summed E-state index contributed by atoms with van der Waals surface area (Å²) in [6, 6.07) is 0. The Morgan fingerprint density at radius 2 is 2.33 bits per heavy atom. The van der Waals surface area contributed by atoms with E-state index in [9.17, 15) is 15.3 Å². The van der Waals surface area contributed by atoms with E-state index < -0.39 is 10.6 Å². The van der Waals surface area contributed by atoms with E-state index in [1.807, 2.05) is 0 Å². The summed E-state index contributed by atoms with van der Waals surface area (Å²) in [5, 5.41) is 22.8. The molecule has 2 aliphatic heterocycles. The molecule has 0 bridgehead atoms. The Bertz CT molecular complexity index is 665. The largest absolute Gasteiger partial charge is 0.365 e. The number of hydrogen-bond donors (Lipinski definition) is 1. The van der Waals surface area contributed by atoms with E-state index in [2.05, 4.69) is 11.9 Å². The minimum Gasteiger partial charge on any atom is -0.314 e. The number of allylic oxidation sites excluding steroid dienone is 2. The summed E-state index contributed by atoms with van der Waals surface area (Å²) in [5.41, 5.74) is 1.73. The highest BCUT2D eigenvalue weighted by Crippen LogP contribution is 2.41. The second-order valence-electron chi connectivity index (χ2n) is 6.50. The molecule has 1 N–H and O–H groups in total. The molecule has 0 amide bonds. The third-order valence-electron chi connectivity index (χ3n) is 4.90. The maximum atomic E-state index is 11.5. The Hall–Kier alpha value is -1.83. The van der Waals surface area contributed by atoms with Crippen LogP contribution in [0.25, 0.3) is 0 Å². The lowest BCUT2D eigenvalue weighted by Crippen LogP contribution is -2.39. The van der Waals surface area contributed by atoms with Crippen molar-refractivity contribution in [3.8, 4) is 0 Å². The van der Waals surface area contributed by atoms with Gasteiger partial charge in [0.25, 0.3) is 0 Å². The van der Waals surface area contributed by atoms with Crippen molar-refractivity contribution < 1.29 is 14.9 Å². The standard InChI is InChI=1S/C17H23N3O4/c1-3-4-5-6-12-10-19(21)11-15-16(12)13-9-17(24-2,20(22)23)8-7-14(13)18-15/h7-9,12,21H,3-6,10-11H2,1-2H3. The molecule has 0 saturated heterocycles. The van der Waals surface area contributed by atoms with Gasteiger partial charge in [-0.15, -0.1) is 0 Å². The van der Waals surface area contributed by atoms with Crippen LogP contribution >= 0.6 is 0 Å². The summed E-state index contributed by atoms with van der Waals surface area (Å²) in [6.45, 7) is 3.04. The van der Waals surface area contributed by atoms with Crippen LogP contribution in [0.2, 0.25) is 0 Å². The molecule has 2 unspecified atom stereocenters. The fourth-order valence-corrected chi connectivity index (χ4v) is 3.64. The zero-order valence-corrected chi connectivity index (χ0v) is 14.1. The molecule has 2 atom stereocenters. The van der Waals surface area contributed by atoms with Crippen molar-refractivity contribution in [2.45, 2.75) is 38.3 Å². The zero-order chi connectivity index (χ0) is 17.3. The maximum Gasteiger partial charge on any atom is 0.365 e. The Kier molecular flexibility index (Phi) is 4.67. The molecule has 0 aromatic carbocycles. The number of unbranched alkanes of at least 4 members (excludes halogenated alkanes) is 2. The van der Waals surface area contributed by atoms with Crippen molar-refractivity contribution >= 4 is 5.71 Å². The fraction of sp³-hybridized carbons (Fsp3) is 0.588. The lowest BCUT2D eigenvalue weighted by atomic mass is 9.82. The summed E-state index contributed by atoms with van der Waals surface area (Å²) in [5.74, 6) is 0.130. The minimum absolute atomic E-state index is 0.130. The number of ether oxygens (including phenoxy) is 1. The van der Waals surface area contributed by atoms with E-state index in [1.54, 1.807) is 12.2 Å². The first-order valence-electron chi connectivity index (χ1n) is 8.38. The fourth-order valence-electron chi connectivity index (χ4n) is 3.64. The van der Waals surface area contributed by atoms with Gasteiger partial charge in [-0.3, -0.25) is 15.1 Å². The molecule has 0 radical (unpaired) electrons. The van der Waals surface area contributed by atoms with E-state index in [1.165, 1.54) is 18.2 Å². The van der Waals surface area contributed by atoms with Crippen molar-refractivity contribution in [3.63, 3.8) is 0 Å². The molecule has 0 aromatic rings. The molecule has 2 heterocycles. The number of fused-ring (bicyclic) bond motifs is 2. The van der Waals surface area contributed by atoms with Gasteiger partial charge in [-0.1, -0.05) is 26.2 Å². The molecule has 0 spiro atoms. The van der Waals surface area contributed by atoms with E-state index >= 15 is 0 Å². The summed E-state index contributed by atoms with van der Waals surface area (Å²) >= 11 is 0. The van der Waals surface area contributed by atoms with Gasteiger partial charge in [0.15, 0.2) is 0 Å².